The molecule has 14 heteroatoms. The first-order chi connectivity index (χ1) is 20.3. The highest BCUT2D eigenvalue weighted by atomic mass is 32.2. The number of nitrogens with one attached hydrogen (secondary N) is 1. The molecular formula is C29H34FN3O8S2. The maximum absolute atomic E-state index is 13.7. The number of sulfonamides is 2. The van der Waals surface area contributed by atoms with Gasteiger partial charge in [0, 0.05) is 25.2 Å². The minimum absolute atomic E-state index is 0.0163. The van der Waals surface area contributed by atoms with Gasteiger partial charge in [-0.15, -0.1) is 0 Å². The van der Waals surface area contributed by atoms with Crippen LogP contribution in [0.1, 0.15) is 24.2 Å². The number of ether oxygens (including phenoxy) is 2. The van der Waals surface area contributed by atoms with E-state index in [1.54, 1.807) is 13.8 Å². The Bertz CT molecular complexity index is 1670. The third-order valence-corrected chi connectivity index (χ3v) is 10.5. The molecule has 4 rings (SSSR count). The Morgan fingerprint density at radius 2 is 1.70 bits per heavy atom. The van der Waals surface area contributed by atoms with Crippen LogP contribution in [-0.2, 0) is 20.0 Å². The number of aliphatic hydroxyl groups excluding tert-OH is 1. The van der Waals surface area contributed by atoms with E-state index in [2.05, 4.69) is 4.72 Å². The highest BCUT2D eigenvalue weighted by Gasteiger charge is 2.35. The van der Waals surface area contributed by atoms with Gasteiger partial charge in [-0.2, -0.15) is 4.31 Å². The number of fused-ring (bicyclic) bond motifs is 1. The fourth-order valence-corrected chi connectivity index (χ4v) is 6.84. The molecule has 3 aromatic carbocycles. The summed E-state index contributed by atoms with van der Waals surface area (Å²) in [4.78, 5) is 15.1. The molecule has 1 aliphatic rings. The summed E-state index contributed by atoms with van der Waals surface area (Å²) in [6.45, 7) is 3.15. The maximum Gasteiger partial charge on any atom is 0.261 e. The number of amides is 1. The van der Waals surface area contributed by atoms with Gasteiger partial charge >= 0.3 is 0 Å². The van der Waals surface area contributed by atoms with Crippen LogP contribution in [0.25, 0.3) is 0 Å². The molecule has 3 aromatic rings. The minimum Gasteiger partial charge on any atom is -0.497 e. The summed E-state index contributed by atoms with van der Waals surface area (Å²) < 4.78 is 80.8. The van der Waals surface area contributed by atoms with E-state index < -0.39 is 43.9 Å². The number of hydrogen-bond acceptors (Lipinski definition) is 8. The van der Waals surface area contributed by atoms with Crippen LogP contribution in [0.15, 0.2) is 76.5 Å². The molecule has 0 fully saturated rings. The van der Waals surface area contributed by atoms with E-state index in [0.717, 1.165) is 16.4 Å². The number of nitrogens with zero attached hydrogens (tertiary/aromatic N) is 2. The highest BCUT2D eigenvalue weighted by Crippen LogP contribution is 2.32. The van der Waals surface area contributed by atoms with Crippen molar-refractivity contribution >= 4 is 31.6 Å². The maximum atomic E-state index is 13.7. The lowest BCUT2D eigenvalue weighted by atomic mass is 9.99. The molecular weight excluding hydrogens is 601 g/mol. The molecule has 2 N–H and O–H groups in total. The van der Waals surface area contributed by atoms with Gasteiger partial charge in [-0.3, -0.25) is 9.52 Å². The van der Waals surface area contributed by atoms with Crippen molar-refractivity contribution in [3.63, 3.8) is 0 Å². The Kier molecular flexibility index (Phi) is 9.64. The van der Waals surface area contributed by atoms with E-state index in [0.29, 0.717) is 5.75 Å². The quantitative estimate of drug-likeness (QED) is 0.346. The van der Waals surface area contributed by atoms with Crippen LogP contribution in [-0.4, -0.2) is 83.1 Å². The van der Waals surface area contributed by atoms with E-state index in [4.69, 9.17) is 9.47 Å². The number of rotatable bonds is 10. The zero-order valence-corrected chi connectivity index (χ0v) is 25.7. The van der Waals surface area contributed by atoms with E-state index in [1.807, 2.05) is 0 Å². The lowest BCUT2D eigenvalue weighted by Crippen LogP contribution is -2.50. The molecule has 0 bridgehead atoms. The molecule has 0 saturated carbocycles. The SMILES string of the molecule is COc1ccc(S(=O)(=O)Nc2ccc3c(c2)C(=O)N([C@@H](C)CO)C[C@@H](C)[C@H](CN(C)S(=O)(=O)c2ccc(F)cc2)O3)cc1. The Morgan fingerprint density at radius 3 is 2.30 bits per heavy atom. The minimum atomic E-state index is -4.02. The normalized spacial score (nSPS) is 18.3. The summed E-state index contributed by atoms with van der Waals surface area (Å²) in [6.07, 6.45) is -0.748. The van der Waals surface area contributed by atoms with Crippen molar-refractivity contribution in [1.29, 1.82) is 0 Å². The Hall–Kier alpha value is -3.72. The molecule has 0 saturated heterocycles. The van der Waals surface area contributed by atoms with Crippen molar-refractivity contribution in [3.05, 3.63) is 78.1 Å². The Labute approximate surface area is 250 Å². The van der Waals surface area contributed by atoms with Gasteiger partial charge in [0.15, 0.2) is 0 Å². The smallest absolute Gasteiger partial charge is 0.261 e. The number of carbonyl (C=O) groups excluding carboxylic acids is 1. The molecule has 0 aliphatic carbocycles. The van der Waals surface area contributed by atoms with E-state index in [9.17, 15) is 31.1 Å². The number of carbonyl (C=O) groups is 1. The molecule has 232 valence electrons. The molecule has 0 radical (unpaired) electrons. The first kappa shape index (κ1) is 32.2. The lowest BCUT2D eigenvalue weighted by molar-refractivity contribution is 0.0387. The molecule has 1 amide bonds. The molecule has 0 aromatic heterocycles. The van der Waals surface area contributed by atoms with E-state index >= 15 is 0 Å². The third kappa shape index (κ3) is 7.09. The predicted molar refractivity (Wildman–Crippen MR) is 158 cm³/mol. The fraction of sp³-hybridized carbons (Fsp3) is 0.345. The van der Waals surface area contributed by atoms with Crippen LogP contribution in [0.5, 0.6) is 11.5 Å². The predicted octanol–water partition coefficient (Wildman–Crippen LogP) is 3.18. The van der Waals surface area contributed by atoms with Gasteiger partial charge in [-0.1, -0.05) is 6.92 Å². The second kappa shape index (κ2) is 12.9. The van der Waals surface area contributed by atoms with Crippen LogP contribution in [0.2, 0.25) is 0 Å². The van der Waals surface area contributed by atoms with Gasteiger partial charge in [0.25, 0.3) is 15.9 Å². The van der Waals surface area contributed by atoms with E-state index in [-0.39, 0.29) is 52.4 Å². The average Bonchev–Trinajstić information content (AvgIpc) is 2.98. The zero-order chi connectivity index (χ0) is 31.5. The first-order valence-electron chi connectivity index (χ1n) is 13.4. The van der Waals surface area contributed by atoms with Crippen LogP contribution in [0.3, 0.4) is 0 Å². The van der Waals surface area contributed by atoms with Crippen LogP contribution >= 0.6 is 0 Å². The second-order valence-corrected chi connectivity index (χ2v) is 14.1. The number of benzene rings is 3. The van der Waals surface area contributed by atoms with Crippen molar-refractivity contribution in [1.82, 2.24) is 9.21 Å². The standard InChI is InChI=1S/C29H34FN3O8S2/c1-19-16-33(20(2)18-34)29(35)26-15-22(31-42(36,37)24-12-8-23(40-4)9-13-24)7-14-27(26)41-28(19)17-32(3)43(38,39)25-10-5-21(30)6-11-25/h5-15,19-20,28,31,34H,16-18H2,1-4H3/t19-,20+,28+/m1/s1. The van der Waals surface area contributed by atoms with E-state index in [1.165, 1.54) is 73.7 Å². The van der Waals surface area contributed by atoms with Gasteiger partial charge in [-0.05, 0) is 73.7 Å². The number of methoxy groups -OCH3 is 1. The number of aliphatic hydroxyl groups is 1. The number of likely N-dealkylation sites (N-methyl/N-ethyl adjacent to an activating group) is 1. The Morgan fingerprint density at radius 1 is 1.07 bits per heavy atom. The number of hydrogen-bond donors (Lipinski definition) is 2. The van der Waals surface area contributed by atoms with Crippen LogP contribution in [0, 0.1) is 11.7 Å². The molecule has 1 heterocycles. The van der Waals surface area contributed by atoms with Crippen molar-refractivity contribution in [2.45, 2.75) is 35.8 Å². The average molecular weight is 636 g/mol. The lowest BCUT2D eigenvalue weighted by Gasteiger charge is -2.38. The first-order valence-corrected chi connectivity index (χ1v) is 16.3. The summed E-state index contributed by atoms with van der Waals surface area (Å²) in [6, 6.07) is 13.9. The van der Waals surface area contributed by atoms with Gasteiger partial charge < -0.3 is 19.5 Å². The molecule has 3 atom stereocenters. The third-order valence-electron chi connectivity index (χ3n) is 7.25. The van der Waals surface area contributed by atoms with Crippen molar-refractivity contribution in [3.8, 4) is 11.5 Å². The molecule has 43 heavy (non-hydrogen) atoms. The monoisotopic (exact) mass is 635 g/mol. The summed E-state index contributed by atoms with van der Waals surface area (Å²) in [5, 5.41) is 9.90. The fourth-order valence-electron chi connectivity index (χ4n) is 4.61. The molecule has 0 spiro atoms. The zero-order valence-electron chi connectivity index (χ0n) is 24.1. The Balaban J connectivity index is 1.67. The molecule has 1 aliphatic heterocycles. The van der Waals surface area contributed by atoms with Gasteiger partial charge in [0.2, 0.25) is 10.0 Å². The topological polar surface area (TPSA) is 143 Å². The highest BCUT2D eigenvalue weighted by molar-refractivity contribution is 7.92. The van der Waals surface area contributed by atoms with Crippen molar-refractivity contribution in [2.24, 2.45) is 5.92 Å². The molecule has 11 nitrogen and oxygen atoms in total. The van der Waals surface area contributed by atoms with Gasteiger partial charge in [0.05, 0.1) is 41.7 Å². The number of anilines is 1. The van der Waals surface area contributed by atoms with Gasteiger partial charge in [0.1, 0.15) is 23.4 Å². The summed E-state index contributed by atoms with van der Waals surface area (Å²) in [7, 11) is -5.18. The second-order valence-electron chi connectivity index (χ2n) is 10.4. The summed E-state index contributed by atoms with van der Waals surface area (Å²) >= 11 is 0. The van der Waals surface area contributed by atoms with Gasteiger partial charge in [-0.25, -0.2) is 21.2 Å². The van der Waals surface area contributed by atoms with Crippen LogP contribution in [0.4, 0.5) is 10.1 Å². The number of halogens is 1. The summed E-state index contributed by atoms with van der Waals surface area (Å²) in [5.41, 5.74) is 0.139. The summed E-state index contributed by atoms with van der Waals surface area (Å²) in [5.74, 6) is -0.828. The molecule has 0 unspecified atom stereocenters. The van der Waals surface area contributed by atoms with Crippen LogP contribution < -0.4 is 14.2 Å². The van der Waals surface area contributed by atoms with Crippen molar-refractivity contribution < 1.29 is 40.6 Å². The van der Waals surface area contributed by atoms with Crippen molar-refractivity contribution in [2.75, 3.05) is 38.6 Å². The largest absolute Gasteiger partial charge is 0.497 e.